The van der Waals surface area contributed by atoms with Crippen molar-refractivity contribution in [1.82, 2.24) is 4.98 Å². The molecule has 0 saturated carbocycles. The van der Waals surface area contributed by atoms with E-state index in [1.165, 1.54) is 12.8 Å². The molecule has 15 heavy (non-hydrogen) atoms. The molecule has 0 amide bonds. The maximum Gasteiger partial charge on any atom is 0.102 e. The minimum Gasteiger partial charge on any atom is -0.384 e. The Kier molecular flexibility index (Phi) is 3.17. The highest BCUT2D eigenvalue weighted by Gasteiger charge is 2.15. The van der Waals surface area contributed by atoms with E-state index in [0.29, 0.717) is 0 Å². The minimum atomic E-state index is -0.446. The molecule has 1 aliphatic carbocycles. The fourth-order valence-corrected chi connectivity index (χ4v) is 1.97. The highest BCUT2D eigenvalue weighted by atomic mass is 16.3. The van der Waals surface area contributed by atoms with Crippen LogP contribution in [0.3, 0.4) is 0 Å². The van der Waals surface area contributed by atoms with E-state index < -0.39 is 6.10 Å². The fourth-order valence-electron chi connectivity index (χ4n) is 1.97. The smallest absolute Gasteiger partial charge is 0.102 e. The first-order valence-corrected chi connectivity index (χ1v) is 5.57. The Morgan fingerprint density at radius 2 is 2.20 bits per heavy atom. The summed E-state index contributed by atoms with van der Waals surface area (Å²) >= 11 is 0. The lowest BCUT2D eigenvalue weighted by Crippen LogP contribution is -2.05. The molecule has 1 aromatic heterocycles. The van der Waals surface area contributed by atoms with Crippen LogP contribution in [0.15, 0.2) is 30.0 Å². The third-order valence-electron chi connectivity index (χ3n) is 2.93. The van der Waals surface area contributed by atoms with E-state index in [1.54, 1.807) is 6.20 Å². The summed E-state index contributed by atoms with van der Waals surface area (Å²) in [5, 5.41) is 10.1. The largest absolute Gasteiger partial charge is 0.384 e. The summed E-state index contributed by atoms with van der Waals surface area (Å²) < 4.78 is 0. The van der Waals surface area contributed by atoms with Gasteiger partial charge in [-0.05, 0) is 44.2 Å². The van der Waals surface area contributed by atoms with E-state index >= 15 is 0 Å². The predicted molar refractivity (Wildman–Crippen MR) is 60.5 cm³/mol. The first-order chi connectivity index (χ1) is 7.27. The van der Waals surface area contributed by atoms with Crippen LogP contribution < -0.4 is 0 Å². The Bertz CT molecular complexity index is 353. The number of hydrogen-bond acceptors (Lipinski definition) is 2. The van der Waals surface area contributed by atoms with Crippen molar-refractivity contribution >= 4 is 0 Å². The zero-order valence-electron chi connectivity index (χ0n) is 9.11. The SMILES string of the molecule is Cc1ccc(C(O)C2=CCCCC2)cn1. The van der Waals surface area contributed by atoms with Crippen molar-refractivity contribution in [2.24, 2.45) is 0 Å². The standard InChI is InChI=1S/C13H17NO/c1-10-7-8-12(9-14-10)13(15)11-5-3-2-4-6-11/h5,7-9,13,15H,2-4,6H2,1H3. The molecule has 1 atom stereocenters. The van der Waals surface area contributed by atoms with Gasteiger partial charge >= 0.3 is 0 Å². The van der Waals surface area contributed by atoms with Gasteiger partial charge < -0.3 is 5.11 Å². The van der Waals surface area contributed by atoms with Gasteiger partial charge in [0.25, 0.3) is 0 Å². The summed E-state index contributed by atoms with van der Waals surface area (Å²) in [7, 11) is 0. The summed E-state index contributed by atoms with van der Waals surface area (Å²) in [6.07, 6.45) is 8.08. The summed E-state index contributed by atoms with van der Waals surface area (Å²) in [5.41, 5.74) is 3.06. The van der Waals surface area contributed by atoms with Crippen molar-refractivity contribution < 1.29 is 5.11 Å². The maximum absolute atomic E-state index is 10.1. The van der Waals surface area contributed by atoms with Gasteiger partial charge in [-0.1, -0.05) is 12.1 Å². The van der Waals surface area contributed by atoms with Crippen LogP contribution in [0.5, 0.6) is 0 Å². The van der Waals surface area contributed by atoms with Crippen LogP contribution in [0, 0.1) is 6.92 Å². The van der Waals surface area contributed by atoms with Crippen LogP contribution >= 0.6 is 0 Å². The fraction of sp³-hybridized carbons (Fsp3) is 0.462. The first kappa shape index (κ1) is 10.4. The van der Waals surface area contributed by atoms with Crippen LogP contribution in [0.2, 0.25) is 0 Å². The zero-order valence-corrected chi connectivity index (χ0v) is 9.11. The highest BCUT2D eigenvalue weighted by molar-refractivity contribution is 5.25. The molecule has 1 unspecified atom stereocenters. The van der Waals surface area contributed by atoms with Gasteiger partial charge in [-0.2, -0.15) is 0 Å². The van der Waals surface area contributed by atoms with Crippen molar-refractivity contribution in [3.63, 3.8) is 0 Å². The molecule has 1 aromatic rings. The zero-order chi connectivity index (χ0) is 10.7. The lowest BCUT2D eigenvalue weighted by Gasteiger charge is -2.18. The Morgan fingerprint density at radius 3 is 2.80 bits per heavy atom. The molecule has 80 valence electrons. The normalized spacial score (nSPS) is 18.4. The molecule has 2 nitrogen and oxygen atoms in total. The second kappa shape index (κ2) is 4.58. The molecule has 0 saturated heterocycles. The highest BCUT2D eigenvalue weighted by Crippen LogP contribution is 2.29. The number of rotatable bonds is 2. The van der Waals surface area contributed by atoms with Crippen molar-refractivity contribution in [3.05, 3.63) is 41.2 Å². The molecule has 1 heterocycles. The van der Waals surface area contributed by atoms with Gasteiger partial charge in [-0.15, -0.1) is 0 Å². The molecule has 0 bridgehead atoms. The average molecular weight is 203 g/mol. The second-order valence-electron chi connectivity index (χ2n) is 4.16. The predicted octanol–water partition coefficient (Wildman–Crippen LogP) is 2.92. The lowest BCUT2D eigenvalue weighted by molar-refractivity contribution is 0.208. The number of allylic oxidation sites excluding steroid dienone is 1. The third-order valence-corrected chi connectivity index (χ3v) is 2.93. The Hall–Kier alpha value is -1.15. The van der Waals surface area contributed by atoms with Crippen LogP contribution in [0.25, 0.3) is 0 Å². The molecule has 0 radical (unpaired) electrons. The summed E-state index contributed by atoms with van der Waals surface area (Å²) in [6, 6.07) is 3.91. The molecular weight excluding hydrogens is 186 g/mol. The van der Waals surface area contributed by atoms with Crippen molar-refractivity contribution in [3.8, 4) is 0 Å². The van der Waals surface area contributed by atoms with Gasteiger partial charge in [0, 0.05) is 17.5 Å². The van der Waals surface area contributed by atoms with E-state index in [4.69, 9.17) is 0 Å². The molecular formula is C13H17NO. The quantitative estimate of drug-likeness (QED) is 0.750. The van der Waals surface area contributed by atoms with Crippen LogP contribution in [0.1, 0.15) is 43.0 Å². The number of pyridine rings is 1. The van der Waals surface area contributed by atoms with Crippen molar-refractivity contribution in [2.75, 3.05) is 0 Å². The van der Waals surface area contributed by atoms with E-state index in [2.05, 4.69) is 11.1 Å². The summed E-state index contributed by atoms with van der Waals surface area (Å²) in [4.78, 5) is 4.21. The minimum absolute atomic E-state index is 0.446. The molecule has 0 fully saturated rings. The molecule has 0 aliphatic heterocycles. The van der Waals surface area contributed by atoms with Gasteiger partial charge in [-0.3, -0.25) is 4.98 Å². The second-order valence-corrected chi connectivity index (χ2v) is 4.16. The van der Waals surface area contributed by atoms with Crippen LogP contribution in [-0.4, -0.2) is 10.1 Å². The van der Waals surface area contributed by atoms with Gasteiger partial charge in [0.1, 0.15) is 6.10 Å². The molecule has 1 aliphatic rings. The lowest BCUT2D eigenvalue weighted by atomic mass is 9.92. The maximum atomic E-state index is 10.1. The number of hydrogen-bond donors (Lipinski definition) is 1. The number of aryl methyl sites for hydroxylation is 1. The average Bonchev–Trinajstić information content (AvgIpc) is 2.30. The topological polar surface area (TPSA) is 33.1 Å². The van der Waals surface area contributed by atoms with Gasteiger partial charge in [0.15, 0.2) is 0 Å². The molecule has 1 N–H and O–H groups in total. The summed E-state index contributed by atoms with van der Waals surface area (Å²) in [5.74, 6) is 0. The van der Waals surface area contributed by atoms with Gasteiger partial charge in [0.05, 0.1) is 0 Å². The van der Waals surface area contributed by atoms with Gasteiger partial charge in [0.2, 0.25) is 0 Å². The summed E-state index contributed by atoms with van der Waals surface area (Å²) in [6.45, 7) is 1.95. The molecule has 0 aromatic carbocycles. The number of aliphatic hydroxyl groups excluding tert-OH is 1. The van der Waals surface area contributed by atoms with Crippen molar-refractivity contribution in [1.29, 1.82) is 0 Å². The Morgan fingerprint density at radius 1 is 1.33 bits per heavy atom. The third kappa shape index (κ3) is 2.45. The van der Waals surface area contributed by atoms with E-state index in [-0.39, 0.29) is 0 Å². The first-order valence-electron chi connectivity index (χ1n) is 5.57. The molecule has 2 rings (SSSR count). The van der Waals surface area contributed by atoms with E-state index in [1.807, 2.05) is 19.1 Å². The molecule has 2 heteroatoms. The van der Waals surface area contributed by atoms with Crippen LogP contribution in [0.4, 0.5) is 0 Å². The Labute approximate surface area is 90.7 Å². The van der Waals surface area contributed by atoms with Gasteiger partial charge in [-0.25, -0.2) is 0 Å². The van der Waals surface area contributed by atoms with Crippen molar-refractivity contribution in [2.45, 2.75) is 38.7 Å². The number of aliphatic hydroxyl groups is 1. The number of aromatic nitrogens is 1. The molecule has 0 spiro atoms. The number of nitrogens with zero attached hydrogens (tertiary/aromatic N) is 1. The monoisotopic (exact) mass is 203 g/mol. The van der Waals surface area contributed by atoms with Crippen LogP contribution in [-0.2, 0) is 0 Å². The Balaban J connectivity index is 2.16. The van der Waals surface area contributed by atoms with E-state index in [0.717, 1.165) is 29.7 Å². The van der Waals surface area contributed by atoms with E-state index in [9.17, 15) is 5.11 Å².